The number of hydrogen-bond donors (Lipinski definition) is 0. The van der Waals surface area contributed by atoms with Crippen LogP contribution in [0.5, 0.6) is 0 Å². The maximum atomic E-state index is 13.0. The fourth-order valence-electron chi connectivity index (χ4n) is 4.35. The van der Waals surface area contributed by atoms with Crippen LogP contribution in [0.4, 0.5) is 0 Å². The van der Waals surface area contributed by atoms with Crippen molar-refractivity contribution in [1.82, 2.24) is 24.6 Å². The summed E-state index contributed by atoms with van der Waals surface area (Å²) >= 11 is 1.70. The normalized spacial score (nSPS) is 21.8. The average Bonchev–Trinajstić information content (AvgIpc) is 3.28. The van der Waals surface area contributed by atoms with Crippen LogP contribution < -0.4 is 0 Å². The van der Waals surface area contributed by atoms with E-state index in [0.717, 1.165) is 54.4 Å². The van der Waals surface area contributed by atoms with Crippen LogP contribution in [0.25, 0.3) is 10.2 Å². The van der Waals surface area contributed by atoms with Crippen LogP contribution in [0.1, 0.15) is 35.9 Å². The monoisotopic (exact) mass is 367 g/mol. The highest BCUT2D eigenvalue weighted by atomic mass is 32.1. The highest BCUT2D eigenvalue weighted by Gasteiger charge is 2.40. The zero-order chi connectivity index (χ0) is 17.7. The Hall–Kier alpha value is -2.28. The zero-order valence-electron chi connectivity index (χ0n) is 14.8. The molecule has 7 heteroatoms. The highest BCUT2D eigenvalue weighted by Crippen LogP contribution is 2.32. The lowest BCUT2D eigenvalue weighted by atomic mass is 10.1. The molecular weight excluding hydrogens is 346 g/mol. The van der Waals surface area contributed by atoms with Gasteiger partial charge in [-0.25, -0.2) is 4.98 Å². The molecule has 0 saturated carbocycles. The lowest BCUT2D eigenvalue weighted by Crippen LogP contribution is -2.42. The van der Waals surface area contributed by atoms with Gasteiger partial charge < -0.3 is 9.47 Å². The van der Waals surface area contributed by atoms with Crippen molar-refractivity contribution >= 4 is 27.5 Å². The molecule has 2 aromatic heterocycles. The number of hydrogen-bond acceptors (Lipinski definition) is 5. The first-order valence-electron chi connectivity index (χ1n) is 9.23. The van der Waals surface area contributed by atoms with Crippen molar-refractivity contribution in [3.05, 3.63) is 40.9 Å². The van der Waals surface area contributed by atoms with E-state index < -0.39 is 0 Å². The summed E-state index contributed by atoms with van der Waals surface area (Å²) in [5.41, 5.74) is 1.03. The molecule has 0 spiro atoms. The van der Waals surface area contributed by atoms with Gasteiger partial charge in [-0.05, 0) is 31.9 Å². The van der Waals surface area contributed by atoms with Gasteiger partial charge in [-0.15, -0.1) is 21.5 Å². The van der Waals surface area contributed by atoms with Gasteiger partial charge in [0.1, 0.15) is 11.6 Å². The van der Waals surface area contributed by atoms with Gasteiger partial charge in [0.2, 0.25) is 5.91 Å². The topological polar surface area (TPSA) is 63.9 Å². The molecule has 2 atom stereocenters. The molecule has 0 N–H and O–H groups in total. The lowest BCUT2D eigenvalue weighted by molar-refractivity contribution is -0.134. The van der Waals surface area contributed by atoms with E-state index in [1.807, 2.05) is 25.1 Å². The molecule has 2 aliphatic rings. The predicted molar refractivity (Wildman–Crippen MR) is 100 cm³/mol. The van der Waals surface area contributed by atoms with E-state index in [0.29, 0.717) is 6.42 Å². The third-order valence-corrected chi connectivity index (χ3v) is 6.72. The van der Waals surface area contributed by atoms with Gasteiger partial charge >= 0.3 is 0 Å². The number of carbonyl (C=O) groups excluding carboxylic acids is 1. The third-order valence-electron chi connectivity index (χ3n) is 5.62. The minimum atomic E-state index is 0.258. The van der Waals surface area contributed by atoms with E-state index in [9.17, 15) is 4.79 Å². The number of carbonyl (C=O) groups is 1. The van der Waals surface area contributed by atoms with Crippen molar-refractivity contribution in [1.29, 1.82) is 0 Å². The fourth-order valence-corrected chi connectivity index (χ4v) is 5.32. The summed E-state index contributed by atoms with van der Waals surface area (Å²) < 4.78 is 3.38. The second-order valence-corrected chi connectivity index (χ2v) is 8.35. The summed E-state index contributed by atoms with van der Waals surface area (Å²) in [6.07, 6.45) is 4.23. The van der Waals surface area contributed by atoms with Crippen molar-refractivity contribution in [3.8, 4) is 0 Å². The van der Waals surface area contributed by atoms with E-state index in [2.05, 4.69) is 30.7 Å². The summed E-state index contributed by atoms with van der Waals surface area (Å²) in [6, 6.07) is 8.71. The molecule has 0 aliphatic carbocycles. The smallest absolute Gasteiger partial charge is 0.223 e. The molecule has 134 valence electrons. The summed E-state index contributed by atoms with van der Waals surface area (Å²) in [4.78, 5) is 19.8. The molecule has 2 bridgehead atoms. The van der Waals surface area contributed by atoms with Crippen LogP contribution in [-0.4, -0.2) is 42.6 Å². The molecule has 1 aromatic carbocycles. The Labute approximate surface area is 155 Å². The number of fused-ring (bicyclic) bond motifs is 4. The number of amides is 1. The van der Waals surface area contributed by atoms with Gasteiger partial charge in [-0.3, -0.25) is 4.79 Å². The van der Waals surface area contributed by atoms with Crippen molar-refractivity contribution in [2.45, 2.75) is 57.7 Å². The van der Waals surface area contributed by atoms with Gasteiger partial charge in [0.25, 0.3) is 0 Å². The second-order valence-electron chi connectivity index (χ2n) is 7.24. The van der Waals surface area contributed by atoms with E-state index in [1.54, 1.807) is 11.3 Å². The summed E-state index contributed by atoms with van der Waals surface area (Å²) in [7, 11) is 0. The summed E-state index contributed by atoms with van der Waals surface area (Å²) in [5.74, 6) is 2.24. The maximum absolute atomic E-state index is 13.0. The Morgan fingerprint density at radius 1 is 1.23 bits per heavy atom. The molecule has 1 fully saturated rings. The number of aromatic nitrogens is 4. The van der Waals surface area contributed by atoms with E-state index in [-0.39, 0.29) is 18.0 Å². The molecule has 3 aromatic rings. The number of para-hydroxylation sites is 1. The average molecular weight is 367 g/mol. The SMILES string of the molecule is Cc1nnc2n1CC1CCC(C2)N1C(=O)CCc1nc2ccccc2s1. The molecule has 1 amide bonds. The first kappa shape index (κ1) is 15.9. The van der Waals surface area contributed by atoms with E-state index in [1.165, 1.54) is 4.70 Å². The third kappa shape index (κ3) is 2.61. The molecular formula is C19H21N5OS. The quantitative estimate of drug-likeness (QED) is 0.714. The Bertz CT molecular complexity index is 944. The van der Waals surface area contributed by atoms with Crippen molar-refractivity contribution in [3.63, 3.8) is 0 Å². The Morgan fingerprint density at radius 3 is 2.96 bits per heavy atom. The minimum Gasteiger partial charge on any atom is -0.334 e. The summed E-state index contributed by atoms with van der Waals surface area (Å²) in [6.45, 7) is 2.83. The Morgan fingerprint density at radius 2 is 2.08 bits per heavy atom. The van der Waals surface area contributed by atoms with Crippen LogP contribution in [0.3, 0.4) is 0 Å². The van der Waals surface area contributed by atoms with Crippen LogP contribution in [0.15, 0.2) is 24.3 Å². The first-order chi connectivity index (χ1) is 12.7. The van der Waals surface area contributed by atoms with Gasteiger partial charge in [0.15, 0.2) is 0 Å². The van der Waals surface area contributed by atoms with Crippen molar-refractivity contribution in [2.75, 3.05) is 0 Å². The Balaban J connectivity index is 1.31. The molecule has 26 heavy (non-hydrogen) atoms. The highest BCUT2D eigenvalue weighted by molar-refractivity contribution is 7.18. The van der Waals surface area contributed by atoms with Crippen molar-refractivity contribution in [2.24, 2.45) is 0 Å². The van der Waals surface area contributed by atoms with Gasteiger partial charge in [-0.1, -0.05) is 12.1 Å². The van der Waals surface area contributed by atoms with Gasteiger partial charge in [0.05, 0.1) is 21.3 Å². The molecule has 2 unspecified atom stereocenters. The van der Waals surface area contributed by atoms with Gasteiger partial charge in [-0.2, -0.15) is 0 Å². The molecule has 0 radical (unpaired) electrons. The van der Waals surface area contributed by atoms with Crippen LogP contribution in [-0.2, 0) is 24.2 Å². The lowest BCUT2D eigenvalue weighted by Gasteiger charge is -2.28. The number of rotatable bonds is 3. The number of thiazole rings is 1. The number of aryl methyl sites for hydroxylation is 2. The Kier molecular flexibility index (Phi) is 3.77. The molecule has 4 heterocycles. The van der Waals surface area contributed by atoms with E-state index in [4.69, 9.17) is 0 Å². The molecule has 5 rings (SSSR count). The van der Waals surface area contributed by atoms with Crippen LogP contribution >= 0.6 is 11.3 Å². The first-order valence-corrected chi connectivity index (χ1v) is 10.0. The fraction of sp³-hybridized carbons (Fsp3) is 0.474. The second kappa shape index (κ2) is 6.16. The zero-order valence-corrected chi connectivity index (χ0v) is 15.6. The molecule has 2 aliphatic heterocycles. The van der Waals surface area contributed by atoms with Crippen molar-refractivity contribution < 1.29 is 4.79 Å². The maximum Gasteiger partial charge on any atom is 0.223 e. The summed E-state index contributed by atoms with van der Waals surface area (Å²) in [5, 5.41) is 9.57. The number of nitrogens with zero attached hydrogens (tertiary/aromatic N) is 5. The van der Waals surface area contributed by atoms with Crippen LogP contribution in [0.2, 0.25) is 0 Å². The van der Waals surface area contributed by atoms with E-state index >= 15 is 0 Å². The predicted octanol–water partition coefficient (Wildman–Crippen LogP) is 2.74. The molecule has 6 nitrogen and oxygen atoms in total. The van der Waals surface area contributed by atoms with Gasteiger partial charge in [0, 0.05) is 31.8 Å². The minimum absolute atomic E-state index is 0.258. The number of benzene rings is 1. The molecule has 1 saturated heterocycles. The standard InChI is InChI=1S/C19H21N5OS/c1-12-21-22-17-10-13-6-7-14(11-23(12)17)24(13)19(25)9-8-18-20-15-4-2-3-5-16(15)26-18/h2-5,13-14H,6-11H2,1H3. The largest absolute Gasteiger partial charge is 0.334 e. The van der Waals surface area contributed by atoms with Crippen LogP contribution in [0, 0.1) is 6.92 Å².